The minimum Gasteiger partial charge on any atom is -0.497 e. The highest BCUT2D eigenvalue weighted by Gasteiger charge is 2.21. The van der Waals surface area contributed by atoms with Crippen molar-refractivity contribution in [1.82, 2.24) is 9.78 Å². The minimum absolute atomic E-state index is 0.276. The number of halogens is 1. The van der Waals surface area contributed by atoms with Gasteiger partial charge in [0.2, 0.25) is 0 Å². The van der Waals surface area contributed by atoms with Gasteiger partial charge in [0.1, 0.15) is 22.9 Å². The molecule has 2 aromatic heterocycles. The maximum Gasteiger partial charge on any atom is 0.274 e. The van der Waals surface area contributed by atoms with E-state index < -0.39 is 5.82 Å². The first-order valence-corrected chi connectivity index (χ1v) is 8.39. The standard InChI is InChI=1S/C21H17FN2O3/c1-12-10-17(21(25)24(2)23-12)19-16-11-14(22)6-9-18(16)27-20(19)13-4-7-15(26-3)8-5-13/h4-11H,1-3H3. The molecule has 4 rings (SSSR count). The van der Waals surface area contributed by atoms with Crippen molar-refractivity contribution in [2.75, 3.05) is 7.11 Å². The van der Waals surface area contributed by atoms with E-state index in [0.29, 0.717) is 39.3 Å². The zero-order valence-corrected chi connectivity index (χ0v) is 15.1. The molecule has 5 nitrogen and oxygen atoms in total. The summed E-state index contributed by atoms with van der Waals surface area (Å²) in [7, 11) is 3.18. The quantitative estimate of drug-likeness (QED) is 0.543. The third kappa shape index (κ3) is 2.89. The Morgan fingerprint density at radius 1 is 1.11 bits per heavy atom. The van der Waals surface area contributed by atoms with Crippen molar-refractivity contribution in [1.29, 1.82) is 0 Å². The molecule has 0 amide bonds. The molecule has 0 spiro atoms. The zero-order valence-electron chi connectivity index (χ0n) is 15.1. The van der Waals surface area contributed by atoms with Crippen molar-refractivity contribution in [3.8, 4) is 28.2 Å². The van der Waals surface area contributed by atoms with E-state index in [0.717, 1.165) is 5.56 Å². The first kappa shape index (κ1) is 17.0. The molecular formula is C21H17FN2O3. The SMILES string of the molecule is COc1ccc(-c2oc3ccc(F)cc3c2-c2cc(C)nn(C)c2=O)cc1. The van der Waals surface area contributed by atoms with Gasteiger partial charge < -0.3 is 9.15 Å². The van der Waals surface area contributed by atoms with Gasteiger partial charge in [-0.05, 0) is 55.5 Å². The van der Waals surface area contributed by atoms with Crippen molar-refractivity contribution >= 4 is 11.0 Å². The number of benzene rings is 2. The highest BCUT2D eigenvalue weighted by molar-refractivity contribution is 6.01. The molecule has 0 aliphatic rings. The summed E-state index contributed by atoms with van der Waals surface area (Å²) in [5.41, 5.74) is 2.65. The molecule has 4 aromatic rings. The molecule has 0 bridgehead atoms. The van der Waals surface area contributed by atoms with Crippen LogP contribution in [0.5, 0.6) is 5.75 Å². The van der Waals surface area contributed by atoms with Gasteiger partial charge >= 0.3 is 0 Å². The Hall–Kier alpha value is -3.41. The molecular weight excluding hydrogens is 347 g/mol. The summed E-state index contributed by atoms with van der Waals surface area (Å²) in [6.45, 7) is 1.80. The Kier molecular flexibility index (Phi) is 4.03. The van der Waals surface area contributed by atoms with Gasteiger partial charge in [0.25, 0.3) is 5.56 Å². The average Bonchev–Trinajstić information content (AvgIpc) is 3.03. The summed E-state index contributed by atoms with van der Waals surface area (Å²) in [5.74, 6) is 0.813. The van der Waals surface area contributed by atoms with Crippen molar-refractivity contribution in [3.05, 3.63) is 70.4 Å². The van der Waals surface area contributed by atoms with E-state index in [9.17, 15) is 9.18 Å². The van der Waals surface area contributed by atoms with E-state index in [1.54, 1.807) is 33.2 Å². The van der Waals surface area contributed by atoms with Crippen LogP contribution in [-0.2, 0) is 7.05 Å². The summed E-state index contributed by atoms with van der Waals surface area (Å²) < 4.78 is 26.5. The van der Waals surface area contributed by atoms with Gasteiger partial charge in [0.05, 0.1) is 18.4 Å². The molecule has 0 radical (unpaired) electrons. The van der Waals surface area contributed by atoms with Crippen LogP contribution < -0.4 is 10.3 Å². The van der Waals surface area contributed by atoms with Gasteiger partial charge in [0.15, 0.2) is 0 Å². The van der Waals surface area contributed by atoms with Crippen LogP contribution in [0.15, 0.2) is 57.7 Å². The lowest BCUT2D eigenvalue weighted by molar-refractivity contribution is 0.415. The Morgan fingerprint density at radius 2 is 1.85 bits per heavy atom. The lowest BCUT2D eigenvalue weighted by atomic mass is 9.99. The van der Waals surface area contributed by atoms with Crippen LogP contribution in [0.2, 0.25) is 0 Å². The van der Waals surface area contributed by atoms with Crippen molar-refractivity contribution < 1.29 is 13.5 Å². The Balaban J connectivity index is 2.08. The zero-order chi connectivity index (χ0) is 19.1. The Morgan fingerprint density at radius 3 is 2.56 bits per heavy atom. The molecule has 0 saturated heterocycles. The second-order valence-electron chi connectivity index (χ2n) is 6.30. The summed E-state index contributed by atoms with van der Waals surface area (Å²) in [6.07, 6.45) is 0. The van der Waals surface area contributed by atoms with E-state index in [4.69, 9.17) is 9.15 Å². The third-order valence-corrected chi connectivity index (χ3v) is 4.46. The third-order valence-electron chi connectivity index (χ3n) is 4.46. The van der Waals surface area contributed by atoms with Gasteiger partial charge in [-0.15, -0.1) is 0 Å². The fraction of sp³-hybridized carbons (Fsp3) is 0.143. The van der Waals surface area contributed by atoms with Crippen molar-refractivity contribution in [2.24, 2.45) is 7.05 Å². The molecule has 0 aliphatic heterocycles. The molecule has 0 unspecified atom stereocenters. The van der Waals surface area contributed by atoms with E-state index in [1.807, 2.05) is 24.3 Å². The fourth-order valence-corrected chi connectivity index (χ4v) is 3.22. The average molecular weight is 364 g/mol. The van der Waals surface area contributed by atoms with Gasteiger partial charge in [-0.3, -0.25) is 4.79 Å². The molecule has 2 heterocycles. The van der Waals surface area contributed by atoms with Gasteiger partial charge in [-0.25, -0.2) is 9.07 Å². The van der Waals surface area contributed by atoms with Crippen LogP contribution in [0.1, 0.15) is 5.69 Å². The van der Waals surface area contributed by atoms with E-state index in [-0.39, 0.29) is 5.56 Å². The monoisotopic (exact) mass is 364 g/mol. The minimum atomic E-state index is -0.395. The molecule has 2 aromatic carbocycles. The van der Waals surface area contributed by atoms with Crippen LogP contribution in [-0.4, -0.2) is 16.9 Å². The van der Waals surface area contributed by atoms with Crippen molar-refractivity contribution in [2.45, 2.75) is 6.92 Å². The van der Waals surface area contributed by atoms with Crippen LogP contribution >= 0.6 is 0 Å². The maximum absolute atomic E-state index is 13.9. The van der Waals surface area contributed by atoms with Gasteiger partial charge in [-0.1, -0.05) is 0 Å². The molecule has 0 atom stereocenters. The van der Waals surface area contributed by atoms with Crippen LogP contribution in [0.3, 0.4) is 0 Å². The number of aromatic nitrogens is 2. The predicted octanol–water partition coefficient (Wildman–Crippen LogP) is 4.32. The number of hydrogen-bond acceptors (Lipinski definition) is 4. The number of furan rings is 1. The highest BCUT2D eigenvalue weighted by atomic mass is 19.1. The smallest absolute Gasteiger partial charge is 0.274 e. The van der Waals surface area contributed by atoms with Crippen LogP contribution in [0.25, 0.3) is 33.4 Å². The second kappa shape index (κ2) is 6.39. The summed E-state index contributed by atoms with van der Waals surface area (Å²) in [6, 6.07) is 13.3. The molecule has 136 valence electrons. The fourth-order valence-electron chi connectivity index (χ4n) is 3.22. The first-order valence-electron chi connectivity index (χ1n) is 8.39. The van der Waals surface area contributed by atoms with Gasteiger partial charge in [-0.2, -0.15) is 5.10 Å². The number of rotatable bonds is 3. The molecule has 27 heavy (non-hydrogen) atoms. The van der Waals surface area contributed by atoms with E-state index in [2.05, 4.69) is 5.10 Å². The van der Waals surface area contributed by atoms with Gasteiger partial charge in [0, 0.05) is 23.6 Å². The topological polar surface area (TPSA) is 57.3 Å². The number of methoxy groups -OCH3 is 1. The normalized spacial score (nSPS) is 11.1. The molecule has 0 aliphatic carbocycles. The summed E-state index contributed by atoms with van der Waals surface area (Å²) >= 11 is 0. The lowest BCUT2D eigenvalue weighted by Gasteiger charge is -2.07. The van der Waals surface area contributed by atoms with E-state index in [1.165, 1.54) is 16.8 Å². The maximum atomic E-state index is 13.9. The molecule has 0 saturated carbocycles. The number of ether oxygens (including phenoxy) is 1. The Labute approximate surface area is 154 Å². The summed E-state index contributed by atoms with van der Waals surface area (Å²) in [4.78, 5) is 12.8. The van der Waals surface area contributed by atoms with Crippen molar-refractivity contribution in [3.63, 3.8) is 0 Å². The number of nitrogens with zero attached hydrogens (tertiary/aromatic N) is 2. The number of aryl methyl sites for hydroxylation is 2. The molecule has 6 heteroatoms. The van der Waals surface area contributed by atoms with Crippen LogP contribution in [0, 0.1) is 12.7 Å². The highest BCUT2D eigenvalue weighted by Crippen LogP contribution is 2.40. The lowest BCUT2D eigenvalue weighted by Crippen LogP contribution is -2.22. The molecule has 0 N–H and O–H groups in total. The summed E-state index contributed by atoms with van der Waals surface area (Å²) in [5, 5.41) is 4.69. The first-order chi connectivity index (χ1) is 13.0. The number of fused-ring (bicyclic) bond motifs is 1. The van der Waals surface area contributed by atoms with E-state index >= 15 is 0 Å². The second-order valence-corrected chi connectivity index (χ2v) is 6.30. The Bertz CT molecular complexity index is 1210. The largest absolute Gasteiger partial charge is 0.497 e. The predicted molar refractivity (Wildman–Crippen MR) is 101 cm³/mol. The number of hydrogen-bond donors (Lipinski definition) is 0. The molecule has 0 fully saturated rings. The van der Waals surface area contributed by atoms with Crippen LogP contribution in [0.4, 0.5) is 4.39 Å².